The van der Waals surface area contributed by atoms with Crippen LogP contribution in [0.5, 0.6) is 17.2 Å². The maximum Gasteiger partial charge on any atom is 0.264 e. The van der Waals surface area contributed by atoms with Crippen molar-refractivity contribution in [2.24, 2.45) is 4.99 Å². The Hall–Kier alpha value is -2.64. The van der Waals surface area contributed by atoms with Crippen LogP contribution in [0.1, 0.15) is 12.5 Å². The van der Waals surface area contributed by atoms with Gasteiger partial charge in [-0.2, -0.15) is 0 Å². The van der Waals surface area contributed by atoms with Crippen LogP contribution in [0, 0.1) is 0 Å². The zero-order valence-electron chi connectivity index (χ0n) is 15.6. The van der Waals surface area contributed by atoms with E-state index in [0.29, 0.717) is 44.6 Å². The molecular formula is C20H19ClN2O4S. The molecule has 0 spiro atoms. The Kier molecular flexibility index (Phi) is 6.49. The van der Waals surface area contributed by atoms with Gasteiger partial charge in [0, 0.05) is 5.02 Å². The Balaban J connectivity index is 1.87. The number of nitrogens with one attached hydrogen (secondary N) is 1. The first-order valence-corrected chi connectivity index (χ1v) is 9.67. The number of amides is 1. The van der Waals surface area contributed by atoms with Gasteiger partial charge in [-0.25, -0.2) is 4.99 Å². The maximum absolute atomic E-state index is 12.3. The van der Waals surface area contributed by atoms with E-state index in [-0.39, 0.29) is 5.91 Å². The number of amidine groups is 1. The fourth-order valence-corrected chi connectivity index (χ4v) is 3.54. The molecule has 8 heteroatoms. The van der Waals surface area contributed by atoms with Gasteiger partial charge in [-0.1, -0.05) is 17.7 Å². The number of rotatable bonds is 6. The van der Waals surface area contributed by atoms with Crippen molar-refractivity contribution >= 4 is 46.2 Å². The number of hydrogen-bond donors (Lipinski definition) is 1. The van der Waals surface area contributed by atoms with Gasteiger partial charge in [0.05, 0.1) is 25.7 Å². The number of methoxy groups -OCH3 is 2. The van der Waals surface area contributed by atoms with Crippen LogP contribution in [0.3, 0.4) is 0 Å². The summed E-state index contributed by atoms with van der Waals surface area (Å²) >= 11 is 7.28. The van der Waals surface area contributed by atoms with Crippen molar-refractivity contribution in [3.05, 3.63) is 51.9 Å². The van der Waals surface area contributed by atoms with Crippen molar-refractivity contribution in [3.8, 4) is 17.2 Å². The van der Waals surface area contributed by atoms with E-state index in [1.165, 1.54) is 11.8 Å². The number of ether oxygens (including phenoxy) is 3. The van der Waals surface area contributed by atoms with Gasteiger partial charge in [0.15, 0.2) is 16.7 Å². The fraction of sp³-hybridized carbons (Fsp3) is 0.200. The van der Waals surface area contributed by atoms with Gasteiger partial charge in [0.2, 0.25) is 0 Å². The lowest BCUT2D eigenvalue weighted by atomic mass is 10.2. The molecular weight excluding hydrogens is 400 g/mol. The standard InChI is InChI=1S/C20H19ClN2O4S/c1-4-27-17-9-12(5-7-16(17)26-3)10-18-19(24)23-20(28-18)22-14-11-13(21)6-8-15(14)25-2/h5-11H,4H2,1-3H3,(H,22,23,24)/b18-10-. The highest BCUT2D eigenvalue weighted by Gasteiger charge is 2.24. The van der Waals surface area contributed by atoms with Gasteiger partial charge >= 0.3 is 0 Å². The van der Waals surface area contributed by atoms with Crippen molar-refractivity contribution in [2.75, 3.05) is 20.8 Å². The average molecular weight is 419 g/mol. The number of benzene rings is 2. The monoisotopic (exact) mass is 418 g/mol. The van der Waals surface area contributed by atoms with E-state index in [4.69, 9.17) is 25.8 Å². The molecule has 1 heterocycles. The number of aliphatic imine (C=N–C) groups is 1. The summed E-state index contributed by atoms with van der Waals surface area (Å²) in [5.41, 5.74) is 1.37. The summed E-state index contributed by atoms with van der Waals surface area (Å²) < 4.78 is 16.2. The van der Waals surface area contributed by atoms with E-state index in [2.05, 4.69) is 10.3 Å². The van der Waals surface area contributed by atoms with E-state index in [0.717, 1.165) is 5.56 Å². The summed E-state index contributed by atoms with van der Waals surface area (Å²) in [6.07, 6.45) is 1.78. The molecule has 1 fully saturated rings. The lowest BCUT2D eigenvalue weighted by molar-refractivity contribution is -0.115. The molecule has 0 aromatic heterocycles. The van der Waals surface area contributed by atoms with Crippen molar-refractivity contribution in [1.29, 1.82) is 0 Å². The SMILES string of the molecule is CCOc1cc(/C=C2\SC(=Nc3cc(Cl)ccc3OC)NC2=O)ccc1OC. The van der Waals surface area contributed by atoms with Crippen LogP contribution in [-0.4, -0.2) is 31.9 Å². The molecule has 6 nitrogen and oxygen atoms in total. The summed E-state index contributed by atoms with van der Waals surface area (Å²) in [4.78, 5) is 17.3. The molecule has 2 aromatic rings. The Morgan fingerprint density at radius 1 is 1.11 bits per heavy atom. The molecule has 1 aliphatic rings. The van der Waals surface area contributed by atoms with Gasteiger partial charge in [0.1, 0.15) is 11.4 Å². The Morgan fingerprint density at radius 2 is 1.86 bits per heavy atom. The van der Waals surface area contributed by atoms with Gasteiger partial charge in [-0.05, 0) is 60.7 Å². The number of thioether (sulfide) groups is 1. The van der Waals surface area contributed by atoms with Crippen molar-refractivity contribution in [3.63, 3.8) is 0 Å². The second-order valence-electron chi connectivity index (χ2n) is 5.64. The van der Waals surface area contributed by atoms with Gasteiger partial charge in [-0.3, -0.25) is 4.79 Å². The minimum absolute atomic E-state index is 0.224. The topological polar surface area (TPSA) is 69.2 Å². The highest BCUT2D eigenvalue weighted by molar-refractivity contribution is 8.18. The van der Waals surface area contributed by atoms with Crippen LogP contribution in [0.25, 0.3) is 6.08 Å². The first-order chi connectivity index (χ1) is 13.5. The summed E-state index contributed by atoms with van der Waals surface area (Å²) in [6.45, 7) is 2.42. The van der Waals surface area contributed by atoms with E-state index in [9.17, 15) is 4.79 Å². The molecule has 3 rings (SSSR count). The first kappa shape index (κ1) is 20.1. The van der Waals surface area contributed by atoms with Crippen LogP contribution < -0.4 is 19.5 Å². The predicted octanol–water partition coefficient (Wildman–Crippen LogP) is 4.65. The van der Waals surface area contributed by atoms with Crippen molar-refractivity contribution in [1.82, 2.24) is 5.32 Å². The number of halogens is 1. The molecule has 0 radical (unpaired) electrons. The van der Waals surface area contributed by atoms with Crippen LogP contribution >= 0.6 is 23.4 Å². The highest BCUT2D eigenvalue weighted by atomic mass is 35.5. The fourth-order valence-electron chi connectivity index (χ4n) is 2.54. The van der Waals surface area contributed by atoms with Crippen LogP contribution in [0.15, 0.2) is 46.3 Å². The molecule has 0 unspecified atom stereocenters. The minimum Gasteiger partial charge on any atom is -0.494 e. The summed E-state index contributed by atoms with van der Waals surface area (Å²) in [5.74, 6) is 1.61. The summed E-state index contributed by atoms with van der Waals surface area (Å²) in [7, 11) is 3.14. The summed E-state index contributed by atoms with van der Waals surface area (Å²) in [5, 5.41) is 3.75. The molecule has 0 bridgehead atoms. The molecule has 0 atom stereocenters. The molecule has 1 saturated heterocycles. The van der Waals surface area contributed by atoms with Crippen LogP contribution in [-0.2, 0) is 4.79 Å². The highest BCUT2D eigenvalue weighted by Crippen LogP contribution is 2.35. The second kappa shape index (κ2) is 9.03. The zero-order chi connectivity index (χ0) is 20.1. The summed E-state index contributed by atoms with van der Waals surface area (Å²) in [6, 6.07) is 10.6. The predicted molar refractivity (Wildman–Crippen MR) is 113 cm³/mol. The van der Waals surface area contributed by atoms with E-state index < -0.39 is 0 Å². The van der Waals surface area contributed by atoms with Crippen LogP contribution in [0.2, 0.25) is 5.02 Å². The molecule has 28 heavy (non-hydrogen) atoms. The molecule has 146 valence electrons. The third kappa shape index (κ3) is 4.61. The van der Waals surface area contributed by atoms with E-state index in [1.54, 1.807) is 44.6 Å². The molecule has 0 saturated carbocycles. The smallest absolute Gasteiger partial charge is 0.264 e. The molecule has 1 amide bonds. The largest absolute Gasteiger partial charge is 0.494 e. The van der Waals surface area contributed by atoms with Gasteiger partial charge < -0.3 is 19.5 Å². The third-order valence-corrected chi connectivity index (χ3v) is 4.94. The molecule has 0 aliphatic carbocycles. The number of carbonyl (C=O) groups excluding carboxylic acids is 1. The first-order valence-electron chi connectivity index (χ1n) is 8.48. The Labute approximate surface area is 172 Å². The minimum atomic E-state index is -0.224. The number of hydrogen-bond acceptors (Lipinski definition) is 6. The Bertz CT molecular complexity index is 959. The van der Waals surface area contributed by atoms with E-state index >= 15 is 0 Å². The lowest BCUT2D eigenvalue weighted by Gasteiger charge is -2.09. The maximum atomic E-state index is 12.3. The van der Waals surface area contributed by atoms with Crippen molar-refractivity contribution < 1.29 is 19.0 Å². The van der Waals surface area contributed by atoms with Gasteiger partial charge in [0.25, 0.3) is 5.91 Å². The van der Waals surface area contributed by atoms with Gasteiger partial charge in [-0.15, -0.1) is 0 Å². The molecule has 1 N–H and O–H groups in total. The lowest BCUT2D eigenvalue weighted by Crippen LogP contribution is -2.19. The molecule has 2 aromatic carbocycles. The van der Waals surface area contributed by atoms with E-state index in [1.807, 2.05) is 19.1 Å². The van der Waals surface area contributed by atoms with Crippen LogP contribution in [0.4, 0.5) is 5.69 Å². The average Bonchev–Trinajstić information content (AvgIpc) is 3.01. The normalized spacial score (nSPS) is 16.4. The number of nitrogens with zero attached hydrogens (tertiary/aromatic N) is 1. The third-order valence-electron chi connectivity index (χ3n) is 3.80. The second-order valence-corrected chi connectivity index (χ2v) is 7.11. The number of carbonyl (C=O) groups is 1. The Morgan fingerprint density at radius 3 is 2.57 bits per heavy atom. The van der Waals surface area contributed by atoms with Crippen molar-refractivity contribution in [2.45, 2.75) is 6.92 Å². The molecule has 1 aliphatic heterocycles. The quantitative estimate of drug-likeness (QED) is 0.691. The zero-order valence-corrected chi connectivity index (χ0v) is 17.2.